The lowest BCUT2D eigenvalue weighted by molar-refractivity contribution is 0.0636. The zero-order chi connectivity index (χ0) is 17.8. The van der Waals surface area contributed by atoms with Crippen LogP contribution in [0.4, 0.5) is 11.5 Å². The van der Waals surface area contributed by atoms with Gasteiger partial charge in [-0.05, 0) is 43.7 Å². The van der Waals surface area contributed by atoms with Gasteiger partial charge in [-0.2, -0.15) is 0 Å². The number of aromatic nitrogens is 2. The van der Waals surface area contributed by atoms with Gasteiger partial charge in [0, 0.05) is 31.9 Å². The highest BCUT2D eigenvalue weighted by Gasteiger charge is 2.22. The van der Waals surface area contributed by atoms with Crippen LogP contribution >= 0.6 is 0 Å². The Kier molecular flexibility index (Phi) is 5.28. The lowest BCUT2D eigenvalue weighted by Gasteiger charge is -2.33. The second kappa shape index (κ2) is 7.61. The average Bonchev–Trinajstić information content (AvgIpc) is 2.65. The number of carbonyl (C=O) groups excluding carboxylic acids is 1. The predicted octanol–water partition coefficient (Wildman–Crippen LogP) is 2.61. The number of aryl methyl sites for hydroxylation is 2. The number of hydrogen-bond donors (Lipinski definition) is 1. The molecule has 0 atom stereocenters. The van der Waals surface area contributed by atoms with Crippen molar-refractivity contribution >= 4 is 17.4 Å². The van der Waals surface area contributed by atoms with E-state index in [-0.39, 0.29) is 5.91 Å². The minimum absolute atomic E-state index is 0.0399. The number of likely N-dealkylation sites (N-methyl/N-ethyl adjacent to an activating group) is 1. The molecule has 0 bridgehead atoms. The second-order valence-electron chi connectivity index (χ2n) is 6.42. The Morgan fingerprint density at radius 1 is 1.04 bits per heavy atom. The SMILES string of the molecule is CCN1CCN(C(=O)c2ccc(Nc3c(C)cccc3C)nn2)CC1. The number of piperazine rings is 1. The third-order valence-electron chi connectivity index (χ3n) is 4.72. The highest BCUT2D eigenvalue weighted by molar-refractivity contribution is 5.92. The minimum atomic E-state index is -0.0399. The maximum absolute atomic E-state index is 12.6. The van der Waals surface area contributed by atoms with Crippen molar-refractivity contribution in [2.45, 2.75) is 20.8 Å². The number of hydrogen-bond acceptors (Lipinski definition) is 5. The van der Waals surface area contributed by atoms with Crippen LogP contribution in [-0.2, 0) is 0 Å². The molecular formula is C19H25N5O. The number of nitrogens with one attached hydrogen (secondary N) is 1. The van der Waals surface area contributed by atoms with Gasteiger partial charge in [-0.25, -0.2) is 0 Å². The number of nitrogens with zero attached hydrogens (tertiary/aromatic N) is 4. The fraction of sp³-hybridized carbons (Fsp3) is 0.421. The first-order chi connectivity index (χ1) is 12.1. The maximum Gasteiger partial charge on any atom is 0.274 e. The Hall–Kier alpha value is -2.47. The summed E-state index contributed by atoms with van der Waals surface area (Å²) in [6, 6.07) is 9.70. The van der Waals surface area contributed by atoms with Gasteiger partial charge in [0.25, 0.3) is 5.91 Å². The molecule has 2 aromatic rings. The van der Waals surface area contributed by atoms with Crippen molar-refractivity contribution in [3.8, 4) is 0 Å². The Morgan fingerprint density at radius 2 is 1.72 bits per heavy atom. The van der Waals surface area contributed by atoms with Crippen LogP contribution in [0.1, 0.15) is 28.5 Å². The van der Waals surface area contributed by atoms with Crippen molar-refractivity contribution in [3.05, 3.63) is 47.2 Å². The average molecular weight is 339 g/mol. The Balaban J connectivity index is 1.67. The summed E-state index contributed by atoms with van der Waals surface area (Å²) < 4.78 is 0. The molecule has 0 saturated carbocycles. The Bertz CT molecular complexity index is 716. The lowest BCUT2D eigenvalue weighted by atomic mass is 10.1. The minimum Gasteiger partial charge on any atom is -0.338 e. The summed E-state index contributed by atoms with van der Waals surface area (Å²) in [4.78, 5) is 16.8. The van der Waals surface area contributed by atoms with Crippen molar-refractivity contribution in [3.63, 3.8) is 0 Å². The molecule has 1 saturated heterocycles. The molecule has 6 nitrogen and oxygen atoms in total. The van der Waals surface area contributed by atoms with E-state index in [1.165, 1.54) is 0 Å². The van der Waals surface area contributed by atoms with Crippen LogP contribution in [-0.4, -0.2) is 58.6 Å². The van der Waals surface area contributed by atoms with Crippen molar-refractivity contribution in [1.82, 2.24) is 20.0 Å². The smallest absolute Gasteiger partial charge is 0.274 e. The molecule has 1 amide bonds. The van der Waals surface area contributed by atoms with Gasteiger partial charge < -0.3 is 15.1 Å². The fourth-order valence-electron chi connectivity index (χ4n) is 3.08. The summed E-state index contributed by atoms with van der Waals surface area (Å²) in [6.45, 7) is 10.6. The zero-order valence-electron chi connectivity index (χ0n) is 15.1. The monoisotopic (exact) mass is 339 g/mol. The molecule has 2 heterocycles. The first-order valence-electron chi connectivity index (χ1n) is 8.77. The standard InChI is InChI=1S/C19H25N5O/c1-4-23-10-12-24(13-11-23)19(25)16-8-9-17(22-21-16)20-18-14(2)6-5-7-15(18)3/h5-9H,4,10-13H2,1-3H3,(H,20,22). The van der Waals surface area contributed by atoms with E-state index in [9.17, 15) is 4.79 Å². The quantitative estimate of drug-likeness (QED) is 0.928. The van der Waals surface area contributed by atoms with Gasteiger partial charge in [0.2, 0.25) is 0 Å². The number of anilines is 2. The van der Waals surface area contributed by atoms with E-state index >= 15 is 0 Å². The van der Waals surface area contributed by atoms with Crippen LogP contribution in [0.2, 0.25) is 0 Å². The van der Waals surface area contributed by atoms with Crippen molar-refractivity contribution < 1.29 is 4.79 Å². The molecule has 1 aliphatic heterocycles. The molecule has 0 aliphatic carbocycles. The molecule has 6 heteroatoms. The highest BCUT2D eigenvalue weighted by atomic mass is 16.2. The molecule has 132 valence electrons. The predicted molar refractivity (Wildman–Crippen MR) is 99.2 cm³/mol. The van der Waals surface area contributed by atoms with Gasteiger partial charge in [0.05, 0.1) is 0 Å². The Labute approximate surface area is 148 Å². The Morgan fingerprint density at radius 3 is 2.28 bits per heavy atom. The molecule has 0 unspecified atom stereocenters. The molecule has 0 radical (unpaired) electrons. The summed E-state index contributed by atoms with van der Waals surface area (Å²) in [5, 5.41) is 11.6. The number of para-hydroxylation sites is 1. The fourth-order valence-corrected chi connectivity index (χ4v) is 3.08. The first kappa shape index (κ1) is 17.4. The number of rotatable bonds is 4. The van der Waals surface area contributed by atoms with Crippen LogP contribution in [0.5, 0.6) is 0 Å². The van der Waals surface area contributed by atoms with Gasteiger partial charge in [-0.3, -0.25) is 4.79 Å². The van der Waals surface area contributed by atoms with Crippen molar-refractivity contribution in [2.24, 2.45) is 0 Å². The van der Waals surface area contributed by atoms with E-state index < -0.39 is 0 Å². The van der Waals surface area contributed by atoms with Gasteiger partial charge in [-0.15, -0.1) is 10.2 Å². The van der Waals surface area contributed by atoms with E-state index in [1.54, 1.807) is 6.07 Å². The van der Waals surface area contributed by atoms with Crippen LogP contribution in [0, 0.1) is 13.8 Å². The van der Waals surface area contributed by atoms with E-state index in [4.69, 9.17) is 0 Å². The number of amides is 1. The van der Waals surface area contributed by atoms with Crippen LogP contribution in [0.25, 0.3) is 0 Å². The van der Waals surface area contributed by atoms with E-state index in [0.717, 1.165) is 49.5 Å². The van der Waals surface area contributed by atoms with Crippen molar-refractivity contribution in [2.75, 3.05) is 38.0 Å². The topological polar surface area (TPSA) is 61.4 Å². The van der Waals surface area contributed by atoms with E-state index in [2.05, 4.69) is 53.3 Å². The molecule has 25 heavy (non-hydrogen) atoms. The molecule has 1 N–H and O–H groups in total. The molecule has 1 aromatic carbocycles. The normalized spacial score (nSPS) is 15.2. The van der Waals surface area contributed by atoms with Gasteiger partial charge in [0.1, 0.15) is 0 Å². The van der Waals surface area contributed by atoms with E-state index in [0.29, 0.717) is 11.5 Å². The van der Waals surface area contributed by atoms with Gasteiger partial charge in [-0.1, -0.05) is 25.1 Å². The third-order valence-corrected chi connectivity index (χ3v) is 4.72. The number of benzene rings is 1. The van der Waals surface area contributed by atoms with Crippen LogP contribution < -0.4 is 5.32 Å². The zero-order valence-corrected chi connectivity index (χ0v) is 15.1. The van der Waals surface area contributed by atoms with Crippen LogP contribution in [0.15, 0.2) is 30.3 Å². The van der Waals surface area contributed by atoms with Gasteiger partial charge in [0.15, 0.2) is 11.5 Å². The largest absolute Gasteiger partial charge is 0.338 e. The molecule has 0 spiro atoms. The summed E-state index contributed by atoms with van der Waals surface area (Å²) in [5.41, 5.74) is 3.73. The maximum atomic E-state index is 12.6. The summed E-state index contributed by atoms with van der Waals surface area (Å²) in [7, 11) is 0. The van der Waals surface area contributed by atoms with Crippen molar-refractivity contribution in [1.29, 1.82) is 0 Å². The highest BCUT2D eigenvalue weighted by Crippen LogP contribution is 2.23. The first-order valence-corrected chi connectivity index (χ1v) is 8.77. The van der Waals surface area contributed by atoms with E-state index in [1.807, 2.05) is 17.0 Å². The lowest BCUT2D eigenvalue weighted by Crippen LogP contribution is -2.48. The summed E-state index contributed by atoms with van der Waals surface area (Å²) in [5.74, 6) is 0.603. The third kappa shape index (κ3) is 3.96. The molecule has 1 aromatic heterocycles. The molecule has 1 aliphatic rings. The molecule has 1 fully saturated rings. The summed E-state index contributed by atoms with van der Waals surface area (Å²) in [6.07, 6.45) is 0. The molecule has 3 rings (SSSR count). The number of carbonyl (C=O) groups is 1. The van der Waals surface area contributed by atoms with Gasteiger partial charge >= 0.3 is 0 Å². The summed E-state index contributed by atoms with van der Waals surface area (Å²) >= 11 is 0. The molecular weight excluding hydrogens is 314 g/mol. The second-order valence-corrected chi connectivity index (χ2v) is 6.42. The van der Waals surface area contributed by atoms with Crippen LogP contribution in [0.3, 0.4) is 0 Å².